The molecule has 0 spiro atoms. The van der Waals surface area contributed by atoms with E-state index in [-0.39, 0.29) is 18.3 Å². The lowest BCUT2D eigenvalue weighted by atomic mass is 10.1. The summed E-state index contributed by atoms with van der Waals surface area (Å²) in [6.07, 6.45) is 0.166. The lowest BCUT2D eigenvalue weighted by molar-refractivity contribution is -0.169. The Morgan fingerprint density at radius 1 is 1.33 bits per heavy atom. The van der Waals surface area contributed by atoms with Gasteiger partial charge in [0.2, 0.25) is 0 Å². The monoisotopic (exact) mass is 174 g/mol. The van der Waals surface area contributed by atoms with Crippen molar-refractivity contribution < 1.29 is 14.3 Å². The Labute approximate surface area is 74.0 Å². The number of ether oxygens (including phenoxy) is 2. The Hall–Kier alpha value is -0.410. The van der Waals surface area contributed by atoms with Crippen LogP contribution in [0.3, 0.4) is 0 Å². The number of rotatable bonds is 6. The summed E-state index contributed by atoms with van der Waals surface area (Å²) in [6, 6.07) is 0. The van der Waals surface area contributed by atoms with E-state index >= 15 is 0 Å². The van der Waals surface area contributed by atoms with Gasteiger partial charge in [-0.3, -0.25) is 0 Å². The minimum absolute atomic E-state index is 0.199. The minimum Gasteiger partial charge on any atom is -0.353 e. The smallest absolute Gasteiger partial charge is 0.155 e. The van der Waals surface area contributed by atoms with Crippen molar-refractivity contribution in [1.29, 1.82) is 0 Å². The van der Waals surface area contributed by atoms with Crippen molar-refractivity contribution in [3.8, 4) is 0 Å². The highest BCUT2D eigenvalue weighted by atomic mass is 16.7. The van der Waals surface area contributed by atoms with E-state index < -0.39 is 0 Å². The normalized spacial score (nSPS) is 16.1. The molecule has 0 bridgehead atoms. The van der Waals surface area contributed by atoms with Crippen LogP contribution in [0.25, 0.3) is 0 Å². The Kier molecular flexibility index (Phi) is 5.93. The van der Waals surface area contributed by atoms with Gasteiger partial charge in [-0.2, -0.15) is 0 Å². The number of hydrogen-bond acceptors (Lipinski definition) is 3. The summed E-state index contributed by atoms with van der Waals surface area (Å²) < 4.78 is 10.5. The first kappa shape index (κ1) is 11.6. The molecule has 0 N–H and O–H groups in total. The molecule has 12 heavy (non-hydrogen) atoms. The van der Waals surface area contributed by atoms with Crippen molar-refractivity contribution in [3.05, 3.63) is 0 Å². The molecule has 0 amide bonds. The second kappa shape index (κ2) is 6.14. The first-order chi connectivity index (χ1) is 5.61. The van der Waals surface area contributed by atoms with E-state index in [2.05, 4.69) is 0 Å². The fraction of sp³-hybridized carbons (Fsp3) is 0.889. The van der Waals surface area contributed by atoms with Gasteiger partial charge in [0, 0.05) is 6.61 Å². The van der Waals surface area contributed by atoms with Crippen molar-refractivity contribution in [1.82, 2.24) is 0 Å². The molecule has 0 saturated heterocycles. The van der Waals surface area contributed by atoms with Gasteiger partial charge in [0.25, 0.3) is 0 Å². The maximum absolute atomic E-state index is 10.5. The van der Waals surface area contributed by atoms with Gasteiger partial charge in [-0.1, -0.05) is 13.8 Å². The molecular weight excluding hydrogens is 156 g/mol. The van der Waals surface area contributed by atoms with Gasteiger partial charge >= 0.3 is 0 Å². The average Bonchev–Trinajstić information content (AvgIpc) is 2.00. The van der Waals surface area contributed by atoms with E-state index in [9.17, 15) is 4.79 Å². The highest BCUT2D eigenvalue weighted by Crippen LogP contribution is 2.07. The first-order valence-corrected chi connectivity index (χ1v) is 4.34. The van der Waals surface area contributed by atoms with E-state index in [1.54, 1.807) is 6.92 Å². The molecule has 2 unspecified atom stereocenters. The molecule has 0 saturated carbocycles. The van der Waals surface area contributed by atoms with E-state index in [4.69, 9.17) is 9.47 Å². The van der Waals surface area contributed by atoms with Gasteiger partial charge in [-0.15, -0.1) is 0 Å². The van der Waals surface area contributed by atoms with Gasteiger partial charge in [0.05, 0.1) is 0 Å². The van der Waals surface area contributed by atoms with Crippen LogP contribution in [0.15, 0.2) is 0 Å². The van der Waals surface area contributed by atoms with Crippen LogP contribution >= 0.6 is 0 Å². The largest absolute Gasteiger partial charge is 0.353 e. The lowest BCUT2D eigenvalue weighted by Crippen LogP contribution is -2.27. The van der Waals surface area contributed by atoms with Crippen molar-refractivity contribution in [3.63, 3.8) is 0 Å². The van der Waals surface area contributed by atoms with E-state index in [0.29, 0.717) is 6.61 Å². The molecule has 0 radical (unpaired) electrons. The molecule has 3 nitrogen and oxygen atoms in total. The fourth-order valence-electron chi connectivity index (χ4n) is 0.842. The summed E-state index contributed by atoms with van der Waals surface area (Å²) in [5.74, 6) is 0.199. The zero-order chi connectivity index (χ0) is 9.56. The molecule has 0 fully saturated rings. The van der Waals surface area contributed by atoms with E-state index in [1.807, 2.05) is 20.8 Å². The summed E-state index contributed by atoms with van der Waals surface area (Å²) in [5, 5.41) is 0. The van der Waals surface area contributed by atoms with Crippen LogP contribution in [0.5, 0.6) is 0 Å². The van der Waals surface area contributed by atoms with E-state index in [0.717, 1.165) is 6.29 Å². The van der Waals surface area contributed by atoms with Crippen LogP contribution in [0.1, 0.15) is 27.7 Å². The van der Waals surface area contributed by atoms with Crippen molar-refractivity contribution >= 4 is 6.29 Å². The third kappa shape index (κ3) is 4.46. The van der Waals surface area contributed by atoms with Crippen LogP contribution < -0.4 is 0 Å². The summed E-state index contributed by atoms with van der Waals surface area (Å²) in [6.45, 7) is 8.17. The quantitative estimate of drug-likeness (QED) is 0.453. The second-order valence-corrected chi connectivity index (χ2v) is 3.00. The number of aldehydes is 1. The van der Waals surface area contributed by atoms with Gasteiger partial charge in [0.15, 0.2) is 6.29 Å². The first-order valence-electron chi connectivity index (χ1n) is 4.34. The number of carbonyl (C=O) groups excluding carboxylic acids is 1. The van der Waals surface area contributed by atoms with Crippen LogP contribution in [0, 0.1) is 5.92 Å². The maximum Gasteiger partial charge on any atom is 0.155 e. The minimum atomic E-state index is -0.355. The van der Waals surface area contributed by atoms with Crippen LogP contribution in [0.4, 0.5) is 0 Å². The van der Waals surface area contributed by atoms with Crippen molar-refractivity contribution in [2.75, 3.05) is 6.61 Å². The summed E-state index contributed by atoms with van der Waals surface area (Å²) in [5.41, 5.74) is 0. The fourth-order valence-corrected chi connectivity index (χ4v) is 0.842. The zero-order valence-corrected chi connectivity index (χ0v) is 8.24. The molecule has 0 aromatic rings. The van der Waals surface area contributed by atoms with Crippen molar-refractivity contribution in [2.45, 2.75) is 40.1 Å². The van der Waals surface area contributed by atoms with Gasteiger partial charge in [-0.25, -0.2) is 0 Å². The molecule has 0 aliphatic heterocycles. The molecule has 0 aromatic carbocycles. The molecule has 3 heteroatoms. The van der Waals surface area contributed by atoms with E-state index in [1.165, 1.54) is 0 Å². The topological polar surface area (TPSA) is 35.5 Å². The standard InChI is InChI=1S/C9H18O3/c1-5-11-8(4)12-9(6-10)7(2)3/h6-9H,5H2,1-4H3. The molecule has 72 valence electrons. The third-order valence-corrected chi connectivity index (χ3v) is 1.54. The molecule has 0 aromatic heterocycles. The highest BCUT2D eigenvalue weighted by molar-refractivity contribution is 5.56. The highest BCUT2D eigenvalue weighted by Gasteiger charge is 2.15. The molecular formula is C9H18O3. The SMILES string of the molecule is CCOC(C)OC(C=O)C(C)C. The van der Waals surface area contributed by atoms with Gasteiger partial charge in [-0.05, 0) is 19.8 Å². The van der Waals surface area contributed by atoms with Gasteiger partial charge < -0.3 is 14.3 Å². The molecule has 2 atom stereocenters. The van der Waals surface area contributed by atoms with Crippen LogP contribution in [0.2, 0.25) is 0 Å². The van der Waals surface area contributed by atoms with Gasteiger partial charge in [0.1, 0.15) is 12.4 Å². The summed E-state index contributed by atoms with van der Waals surface area (Å²) in [7, 11) is 0. The predicted molar refractivity (Wildman–Crippen MR) is 46.9 cm³/mol. The third-order valence-electron chi connectivity index (χ3n) is 1.54. The van der Waals surface area contributed by atoms with Crippen molar-refractivity contribution in [2.24, 2.45) is 5.92 Å². The predicted octanol–water partition coefficient (Wildman–Crippen LogP) is 1.61. The average molecular weight is 174 g/mol. The second-order valence-electron chi connectivity index (χ2n) is 3.00. The molecule has 0 aliphatic rings. The van der Waals surface area contributed by atoms with Crippen LogP contribution in [-0.2, 0) is 14.3 Å². The number of carbonyl (C=O) groups is 1. The molecule has 0 heterocycles. The maximum atomic E-state index is 10.5. The summed E-state index contributed by atoms with van der Waals surface area (Å²) in [4.78, 5) is 10.5. The number of hydrogen-bond donors (Lipinski definition) is 0. The Morgan fingerprint density at radius 3 is 2.25 bits per heavy atom. The molecule has 0 aliphatic carbocycles. The Morgan fingerprint density at radius 2 is 1.92 bits per heavy atom. The molecule has 0 rings (SSSR count). The summed E-state index contributed by atoms with van der Waals surface area (Å²) >= 11 is 0. The lowest BCUT2D eigenvalue weighted by Gasteiger charge is -2.20. The Balaban J connectivity index is 3.76. The van der Waals surface area contributed by atoms with Crippen LogP contribution in [-0.4, -0.2) is 25.3 Å². The Bertz CT molecular complexity index is 123. The zero-order valence-electron chi connectivity index (χ0n) is 8.24.